The summed E-state index contributed by atoms with van der Waals surface area (Å²) in [5, 5.41) is 9.86. The molecule has 0 saturated heterocycles. The Morgan fingerprint density at radius 3 is 2.83 bits per heavy atom. The van der Waals surface area contributed by atoms with Gasteiger partial charge in [0.15, 0.2) is 6.04 Å². The fraction of sp³-hybridized carbons (Fsp3) is 0.154. The van der Waals surface area contributed by atoms with Gasteiger partial charge < -0.3 is 5.11 Å². The number of nitrogens with zero attached hydrogens (tertiary/aromatic N) is 2. The number of pyridine rings is 1. The van der Waals surface area contributed by atoms with Gasteiger partial charge in [-0.15, -0.1) is 0 Å². The van der Waals surface area contributed by atoms with E-state index in [9.17, 15) is 9.59 Å². The number of carboxylic acid groups (broad SMARTS) is 1. The van der Waals surface area contributed by atoms with Gasteiger partial charge in [0, 0.05) is 17.5 Å². The molecule has 0 fully saturated rings. The van der Waals surface area contributed by atoms with E-state index >= 15 is 0 Å². The molecule has 0 saturated carbocycles. The number of benzene rings is 1. The number of carboxylic acids is 1. The topological polar surface area (TPSA) is 79.6 Å². The van der Waals surface area contributed by atoms with E-state index in [1.807, 2.05) is 30.3 Å². The molecule has 0 spiro atoms. The monoisotopic (exact) mass is 242 g/mol. The van der Waals surface area contributed by atoms with Gasteiger partial charge in [0.2, 0.25) is 6.08 Å². The van der Waals surface area contributed by atoms with Crippen LogP contribution in [0.2, 0.25) is 0 Å². The van der Waals surface area contributed by atoms with E-state index in [0.717, 1.165) is 10.9 Å². The molecule has 1 N–H and O–H groups in total. The Labute approximate surface area is 103 Å². The number of hydrogen-bond donors (Lipinski definition) is 1. The molecular weight excluding hydrogens is 232 g/mol. The summed E-state index contributed by atoms with van der Waals surface area (Å²) >= 11 is 0. The number of hydrogen-bond acceptors (Lipinski definition) is 4. The van der Waals surface area contributed by atoms with Gasteiger partial charge in [0.05, 0.1) is 5.52 Å². The van der Waals surface area contributed by atoms with E-state index in [1.54, 1.807) is 6.07 Å². The minimum absolute atomic E-state index is 0.0788. The highest BCUT2D eigenvalue weighted by Gasteiger charge is 2.17. The number of rotatable bonds is 4. The standard InChI is InChI=1S/C13H10N2O3/c16-8-14-12(13(17)18)7-10-6-5-9-3-1-2-4-11(9)15-10/h1-6,12H,7H2,(H,17,18)/t12-/m0/s1. The molecule has 0 bridgehead atoms. The van der Waals surface area contributed by atoms with Crippen LogP contribution in [0.15, 0.2) is 41.4 Å². The van der Waals surface area contributed by atoms with Gasteiger partial charge in [-0.05, 0) is 12.1 Å². The van der Waals surface area contributed by atoms with Crippen molar-refractivity contribution in [1.82, 2.24) is 4.98 Å². The highest BCUT2D eigenvalue weighted by Crippen LogP contribution is 2.13. The Hall–Kier alpha value is -2.52. The number of aliphatic carboxylic acids is 1. The van der Waals surface area contributed by atoms with Crippen LogP contribution < -0.4 is 0 Å². The summed E-state index contributed by atoms with van der Waals surface area (Å²) in [6.07, 6.45) is 1.35. The molecule has 90 valence electrons. The van der Waals surface area contributed by atoms with Gasteiger partial charge in [-0.3, -0.25) is 4.98 Å². The predicted octanol–water partition coefficient (Wildman–Crippen LogP) is 1.57. The van der Waals surface area contributed by atoms with Crippen LogP contribution in [-0.4, -0.2) is 28.2 Å². The van der Waals surface area contributed by atoms with Crippen LogP contribution in [0.3, 0.4) is 0 Å². The molecule has 0 unspecified atom stereocenters. The van der Waals surface area contributed by atoms with Crippen LogP contribution in [0.1, 0.15) is 5.69 Å². The Balaban J connectivity index is 2.31. The normalized spacial score (nSPS) is 11.8. The quantitative estimate of drug-likeness (QED) is 0.651. The molecule has 1 aromatic heterocycles. The van der Waals surface area contributed by atoms with Crippen molar-refractivity contribution in [1.29, 1.82) is 0 Å². The molecule has 0 aliphatic rings. The summed E-state index contributed by atoms with van der Waals surface area (Å²) in [7, 11) is 0. The Morgan fingerprint density at radius 2 is 2.11 bits per heavy atom. The van der Waals surface area contributed by atoms with Crippen LogP contribution in [0.4, 0.5) is 0 Å². The number of isocyanates is 1. The molecule has 0 radical (unpaired) electrons. The molecule has 0 aliphatic heterocycles. The summed E-state index contributed by atoms with van der Waals surface area (Å²) in [5.74, 6) is -1.16. The molecule has 5 heteroatoms. The Morgan fingerprint density at radius 1 is 1.33 bits per heavy atom. The van der Waals surface area contributed by atoms with Gasteiger partial charge in [0.25, 0.3) is 0 Å². The van der Waals surface area contributed by atoms with Crippen molar-refractivity contribution in [3.05, 3.63) is 42.1 Å². The number of fused-ring (bicyclic) bond motifs is 1. The van der Waals surface area contributed by atoms with Crippen molar-refractivity contribution >= 4 is 23.0 Å². The minimum atomic E-state index is -1.16. The van der Waals surface area contributed by atoms with Crippen molar-refractivity contribution in [3.8, 4) is 0 Å². The highest BCUT2D eigenvalue weighted by atomic mass is 16.4. The summed E-state index contributed by atoms with van der Waals surface area (Å²) in [6.45, 7) is 0. The maximum atomic E-state index is 10.9. The number of aromatic nitrogens is 1. The summed E-state index contributed by atoms with van der Waals surface area (Å²) in [4.78, 5) is 28.6. The SMILES string of the molecule is O=C=N[C@@H](Cc1ccc2ccccc2n1)C(=O)O. The number of carbonyl (C=O) groups excluding carboxylic acids is 1. The van der Waals surface area contributed by atoms with E-state index in [-0.39, 0.29) is 6.42 Å². The maximum absolute atomic E-state index is 10.9. The largest absolute Gasteiger partial charge is 0.480 e. The van der Waals surface area contributed by atoms with E-state index in [4.69, 9.17) is 5.11 Å². The zero-order valence-corrected chi connectivity index (χ0v) is 9.41. The second kappa shape index (κ2) is 5.21. The first kappa shape index (κ1) is 12.0. The Bertz CT molecular complexity index is 631. The smallest absolute Gasteiger partial charge is 0.329 e. The third-order valence-corrected chi connectivity index (χ3v) is 2.55. The molecule has 1 aromatic carbocycles. The summed E-state index contributed by atoms with van der Waals surface area (Å²) < 4.78 is 0. The van der Waals surface area contributed by atoms with Crippen LogP contribution in [0, 0.1) is 0 Å². The van der Waals surface area contributed by atoms with Crippen LogP contribution in [-0.2, 0) is 16.0 Å². The zero-order chi connectivity index (χ0) is 13.0. The molecule has 0 aliphatic carbocycles. The maximum Gasteiger partial charge on any atom is 0.329 e. The number of para-hydroxylation sites is 1. The van der Waals surface area contributed by atoms with E-state index in [2.05, 4.69) is 9.98 Å². The molecule has 0 amide bonds. The van der Waals surface area contributed by atoms with Crippen molar-refractivity contribution in [2.24, 2.45) is 4.99 Å². The molecule has 1 heterocycles. The van der Waals surface area contributed by atoms with Gasteiger partial charge >= 0.3 is 5.97 Å². The van der Waals surface area contributed by atoms with Crippen LogP contribution >= 0.6 is 0 Å². The van der Waals surface area contributed by atoms with E-state index in [1.165, 1.54) is 6.08 Å². The van der Waals surface area contributed by atoms with E-state index in [0.29, 0.717) is 5.69 Å². The zero-order valence-electron chi connectivity index (χ0n) is 9.41. The van der Waals surface area contributed by atoms with Crippen molar-refractivity contribution in [3.63, 3.8) is 0 Å². The minimum Gasteiger partial charge on any atom is -0.480 e. The molecule has 5 nitrogen and oxygen atoms in total. The van der Waals surface area contributed by atoms with Crippen LogP contribution in [0.25, 0.3) is 10.9 Å². The van der Waals surface area contributed by atoms with Crippen molar-refractivity contribution in [2.75, 3.05) is 0 Å². The lowest BCUT2D eigenvalue weighted by Crippen LogP contribution is -2.20. The molecule has 18 heavy (non-hydrogen) atoms. The van der Waals surface area contributed by atoms with Crippen LogP contribution in [0.5, 0.6) is 0 Å². The first-order valence-corrected chi connectivity index (χ1v) is 5.35. The second-order valence-electron chi connectivity index (χ2n) is 3.77. The van der Waals surface area contributed by atoms with Gasteiger partial charge in [0.1, 0.15) is 0 Å². The number of carbonyl (C=O) groups is 1. The summed E-state index contributed by atoms with van der Waals surface area (Å²) in [6, 6.07) is 10.00. The third-order valence-electron chi connectivity index (χ3n) is 2.55. The second-order valence-corrected chi connectivity index (χ2v) is 3.77. The number of aliphatic imine (C=N–C) groups is 1. The lowest BCUT2D eigenvalue weighted by atomic mass is 10.1. The Kier molecular flexibility index (Phi) is 3.46. The van der Waals surface area contributed by atoms with Crippen molar-refractivity contribution < 1.29 is 14.7 Å². The van der Waals surface area contributed by atoms with Gasteiger partial charge in [-0.1, -0.05) is 24.3 Å². The molecular formula is C13H10N2O3. The lowest BCUT2D eigenvalue weighted by molar-refractivity contribution is -0.138. The fourth-order valence-electron chi connectivity index (χ4n) is 1.67. The predicted molar refractivity (Wildman–Crippen MR) is 65.0 cm³/mol. The first-order chi connectivity index (χ1) is 8.70. The lowest BCUT2D eigenvalue weighted by Gasteiger charge is -2.05. The molecule has 2 aromatic rings. The van der Waals surface area contributed by atoms with Crippen molar-refractivity contribution in [2.45, 2.75) is 12.5 Å². The first-order valence-electron chi connectivity index (χ1n) is 5.35. The molecule has 1 atom stereocenters. The van der Waals surface area contributed by atoms with Gasteiger partial charge in [-0.2, -0.15) is 4.99 Å². The molecule has 2 rings (SSSR count). The fourth-order valence-corrected chi connectivity index (χ4v) is 1.67. The highest BCUT2D eigenvalue weighted by molar-refractivity contribution is 5.79. The van der Waals surface area contributed by atoms with E-state index < -0.39 is 12.0 Å². The van der Waals surface area contributed by atoms with Gasteiger partial charge in [-0.25, -0.2) is 9.59 Å². The average molecular weight is 242 g/mol. The average Bonchev–Trinajstić information content (AvgIpc) is 2.38. The summed E-state index contributed by atoms with van der Waals surface area (Å²) in [5.41, 5.74) is 1.37. The third kappa shape index (κ3) is 2.59.